The normalized spacial score (nSPS) is 18.0. The van der Waals surface area contributed by atoms with Crippen molar-refractivity contribution >= 4 is 27.3 Å². The van der Waals surface area contributed by atoms with Crippen LogP contribution in [0.15, 0.2) is 23.1 Å². The van der Waals surface area contributed by atoms with Crippen molar-refractivity contribution in [2.45, 2.75) is 29.7 Å². The minimum atomic E-state index is -3.64. The first-order valence-electron chi connectivity index (χ1n) is 6.88. The van der Waals surface area contributed by atoms with Gasteiger partial charge in [0, 0.05) is 24.2 Å². The van der Waals surface area contributed by atoms with Gasteiger partial charge in [0.15, 0.2) is 0 Å². The van der Waals surface area contributed by atoms with Crippen LogP contribution in [0.2, 0.25) is 5.02 Å². The van der Waals surface area contributed by atoms with E-state index in [1.807, 2.05) is 14.1 Å². The zero-order valence-corrected chi connectivity index (χ0v) is 14.2. The van der Waals surface area contributed by atoms with Crippen LogP contribution in [-0.4, -0.2) is 50.8 Å². The number of anilines is 1. The van der Waals surface area contributed by atoms with Crippen molar-refractivity contribution in [2.75, 3.05) is 33.4 Å². The van der Waals surface area contributed by atoms with Crippen LogP contribution < -0.4 is 5.73 Å². The minimum absolute atomic E-state index is 0.0742. The molecule has 0 radical (unpaired) electrons. The van der Waals surface area contributed by atoms with Crippen LogP contribution in [0.25, 0.3) is 0 Å². The van der Waals surface area contributed by atoms with Gasteiger partial charge in [-0.25, -0.2) is 8.42 Å². The molecule has 2 N–H and O–H groups in total. The van der Waals surface area contributed by atoms with Gasteiger partial charge in [-0.15, -0.1) is 0 Å². The number of nitrogen functional groups attached to an aromatic ring is 1. The maximum atomic E-state index is 12.7. The third kappa shape index (κ3) is 3.04. The molecular weight excluding hydrogens is 310 g/mol. The lowest BCUT2D eigenvalue weighted by atomic mass is 9.75. The van der Waals surface area contributed by atoms with E-state index in [0.29, 0.717) is 11.6 Å². The zero-order valence-electron chi connectivity index (χ0n) is 12.6. The SMILES string of the molecule is CN(C)C1(CN(C)S(=O)(=O)c2cc(Cl)ccc2N)CCC1. The van der Waals surface area contributed by atoms with E-state index in [1.54, 1.807) is 13.1 Å². The van der Waals surface area contributed by atoms with E-state index in [9.17, 15) is 8.42 Å². The van der Waals surface area contributed by atoms with E-state index in [2.05, 4.69) is 4.90 Å². The van der Waals surface area contributed by atoms with Crippen molar-refractivity contribution in [1.82, 2.24) is 9.21 Å². The summed E-state index contributed by atoms with van der Waals surface area (Å²) < 4.78 is 26.8. The second-order valence-corrected chi connectivity index (χ2v) is 8.37. The lowest BCUT2D eigenvalue weighted by Gasteiger charge is -2.49. The van der Waals surface area contributed by atoms with Gasteiger partial charge in [0.05, 0.1) is 5.69 Å². The van der Waals surface area contributed by atoms with E-state index >= 15 is 0 Å². The Morgan fingerprint density at radius 3 is 2.38 bits per heavy atom. The Hall–Kier alpha value is -0.820. The molecule has 7 heteroatoms. The Morgan fingerprint density at radius 1 is 1.29 bits per heavy atom. The van der Waals surface area contributed by atoms with E-state index in [-0.39, 0.29) is 16.1 Å². The first kappa shape index (κ1) is 16.5. The third-order valence-electron chi connectivity index (χ3n) is 4.41. The monoisotopic (exact) mass is 331 g/mol. The van der Waals surface area contributed by atoms with Crippen LogP contribution >= 0.6 is 11.6 Å². The number of nitrogens with two attached hydrogens (primary N) is 1. The fourth-order valence-corrected chi connectivity index (χ4v) is 4.36. The molecule has 0 saturated heterocycles. The van der Waals surface area contributed by atoms with Crippen molar-refractivity contribution in [2.24, 2.45) is 0 Å². The van der Waals surface area contributed by atoms with Gasteiger partial charge in [-0.2, -0.15) is 4.31 Å². The van der Waals surface area contributed by atoms with Gasteiger partial charge in [0.25, 0.3) is 0 Å². The highest BCUT2D eigenvalue weighted by atomic mass is 35.5. The molecule has 1 saturated carbocycles. The van der Waals surface area contributed by atoms with Gasteiger partial charge in [-0.05, 0) is 51.6 Å². The second-order valence-electron chi connectivity index (χ2n) is 5.92. The highest BCUT2D eigenvalue weighted by molar-refractivity contribution is 7.89. The van der Waals surface area contributed by atoms with Crippen LogP contribution in [0.4, 0.5) is 5.69 Å². The summed E-state index contributed by atoms with van der Waals surface area (Å²) in [5.41, 5.74) is 5.96. The van der Waals surface area contributed by atoms with Crippen LogP contribution in [0, 0.1) is 0 Å². The van der Waals surface area contributed by atoms with Crippen LogP contribution in [0.5, 0.6) is 0 Å². The van der Waals surface area contributed by atoms with Gasteiger partial charge >= 0.3 is 0 Å². The van der Waals surface area contributed by atoms with Gasteiger partial charge < -0.3 is 10.6 Å². The Morgan fingerprint density at radius 2 is 1.90 bits per heavy atom. The summed E-state index contributed by atoms with van der Waals surface area (Å²) in [6.45, 7) is 0.453. The number of rotatable bonds is 5. The Bertz CT molecular complexity index is 627. The summed E-state index contributed by atoms with van der Waals surface area (Å²) in [5, 5.41) is 0.363. The smallest absolute Gasteiger partial charge is 0.244 e. The zero-order chi connectivity index (χ0) is 15.8. The van der Waals surface area contributed by atoms with E-state index in [4.69, 9.17) is 17.3 Å². The second kappa shape index (κ2) is 5.76. The van der Waals surface area contributed by atoms with Crippen molar-refractivity contribution in [1.29, 1.82) is 0 Å². The molecule has 1 fully saturated rings. The summed E-state index contributed by atoms with van der Waals surface area (Å²) in [7, 11) is 1.95. The van der Waals surface area contributed by atoms with Crippen molar-refractivity contribution in [3.63, 3.8) is 0 Å². The summed E-state index contributed by atoms with van der Waals surface area (Å²) in [5.74, 6) is 0. The molecule has 0 spiro atoms. The van der Waals surface area contributed by atoms with Crippen LogP contribution in [0.1, 0.15) is 19.3 Å². The molecule has 5 nitrogen and oxygen atoms in total. The Labute approximate surface area is 131 Å². The molecule has 2 rings (SSSR count). The average Bonchev–Trinajstić information content (AvgIpc) is 2.35. The van der Waals surface area contributed by atoms with Gasteiger partial charge in [-0.3, -0.25) is 0 Å². The van der Waals surface area contributed by atoms with Gasteiger partial charge in [0.2, 0.25) is 10.0 Å². The molecule has 0 unspecified atom stereocenters. The lowest BCUT2D eigenvalue weighted by Crippen LogP contribution is -2.57. The average molecular weight is 332 g/mol. The molecule has 1 aromatic rings. The first-order valence-corrected chi connectivity index (χ1v) is 8.70. The summed E-state index contributed by atoms with van der Waals surface area (Å²) >= 11 is 5.90. The fraction of sp³-hybridized carbons (Fsp3) is 0.571. The Kier molecular flexibility index (Phi) is 4.54. The maximum Gasteiger partial charge on any atom is 0.244 e. The molecule has 0 amide bonds. The molecule has 0 bridgehead atoms. The van der Waals surface area contributed by atoms with Gasteiger partial charge in [0.1, 0.15) is 4.90 Å². The summed E-state index contributed by atoms with van der Waals surface area (Å²) in [6.07, 6.45) is 3.14. The van der Waals surface area contributed by atoms with E-state index in [1.165, 1.54) is 16.4 Å². The quantitative estimate of drug-likeness (QED) is 0.838. The standard InChI is InChI=1S/C14H22ClN3O2S/c1-17(2)14(7-4-8-14)10-18(3)21(19,20)13-9-11(15)5-6-12(13)16/h5-6,9H,4,7-8,10,16H2,1-3H3. The maximum absolute atomic E-state index is 12.7. The number of sulfonamides is 1. The number of halogens is 1. The molecule has 0 aromatic heterocycles. The topological polar surface area (TPSA) is 66.6 Å². The highest BCUT2D eigenvalue weighted by Crippen LogP contribution is 2.38. The van der Waals surface area contributed by atoms with Crippen LogP contribution in [-0.2, 0) is 10.0 Å². The summed E-state index contributed by atoms with van der Waals surface area (Å²) in [6, 6.07) is 4.52. The largest absolute Gasteiger partial charge is 0.398 e. The molecule has 0 heterocycles. The lowest BCUT2D eigenvalue weighted by molar-refractivity contribution is 0.0455. The predicted octanol–water partition coefficient (Wildman–Crippen LogP) is 2.03. The minimum Gasteiger partial charge on any atom is -0.398 e. The molecule has 0 atom stereocenters. The molecule has 1 aliphatic carbocycles. The predicted molar refractivity (Wildman–Crippen MR) is 85.9 cm³/mol. The molecular formula is C14H22ClN3O2S. The first-order chi connectivity index (χ1) is 9.69. The van der Waals surface area contributed by atoms with Crippen LogP contribution in [0.3, 0.4) is 0 Å². The molecule has 1 aromatic carbocycles. The number of hydrogen-bond donors (Lipinski definition) is 1. The van der Waals surface area contributed by atoms with Crippen molar-refractivity contribution in [3.05, 3.63) is 23.2 Å². The number of benzene rings is 1. The molecule has 21 heavy (non-hydrogen) atoms. The molecule has 0 aliphatic heterocycles. The third-order valence-corrected chi connectivity index (χ3v) is 6.51. The van der Waals surface area contributed by atoms with E-state index < -0.39 is 10.0 Å². The van der Waals surface area contributed by atoms with Gasteiger partial charge in [-0.1, -0.05) is 11.6 Å². The fourth-order valence-electron chi connectivity index (χ4n) is 2.73. The van der Waals surface area contributed by atoms with Crippen molar-refractivity contribution in [3.8, 4) is 0 Å². The number of nitrogens with zero attached hydrogens (tertiary/aromatic N) is 2. The Balaban J connectivity index is 2.29. The van der Waals surface area contributed by atoms with E-state index in [0.717, 1.165) is 19.3 Å². The summed E-state index contributed by atoms with van der Waals surface area (Å²) in [4.78, 5) is 2.19. The molecule has 118 valence electrons. The number of likely N-dealkylation sites (N-methyl/N-ethyl adjacent to an activating group) is 2. The molecule has 1 aliphatic rings. The van der Waals surface area contributed by atoms with Crippen molar-refractivity contribution < 1.29 is 8.42 Å². The number of hydrogen-bond acceptors (Lipinski definition) is 4. The highest BCUT2D eigenvalue weighted by Gasteiger charge is 2.42.